The third-order valence-electron chi connectivity index (χ3n) is 1.25. The van der Waals surface area contributed by atoms with Gasteiger partial charge in [0.1, 0.15) is 5.75 Å². The fourth-order valence-electron chi connectivity index (χ4n) is 0.677. The lowest BCUT2D eigenvalue weighted by Crippen LogP contribution is -1.95. The van der Waals surface area contributed by atoms with Crippen molar-refractivity contribution in [3.05, 3.63) is 28.2 Å². The van der Waals surface area contributed by atoms with Crippen LogP contribution in [0.25, 0.3) is 0 Å². The first-order valence-corrected chi connectivity index (χ1v) is 3.71. The van der Waals surface area contributed by atoms with Gasteiger partial charge < -0.3 is 10.8 Å². The Labute approximate surface area is 84.3 Å². The number of halogens is 2. The Kier molecular flexibility index (Phi) is 4.72. The molecular formula is C7H9Br2NO. The summed E-state index contributed by atoms with van der Waals surface area (Å²) in [6.07, 6.45) is 0. The van der Waals surface area contributed by atoms with Gasteiger partial charge in [-0.3, -0.25) is 0 Å². The van der Waals surface area contributed by atoms with Crippen molar-refractivity contribution in [2.24, 2.45) is 5.73 Å². The number of phenols is 1. The molecule has 0 radical (unpaired) electrons. The van der Waals surface area contributed by atoms with Crippen molar-refractivity contribution in [2.45, 2.75) is 6.54 Å². The van der Waals surface area contributed by atoms with E-state index in [1.54, 1.807) is 18.2 Å². The van der Waals surface area contributed by atoms with Crippen LogP contribution in [0.5, 0.6) is 5.75 Å². The smallest absolute Gasteiger partial charge is 0.129 e. The lowest BCUT2D eigenvalue weighted by Gasteiger charge is -1.98. The highest BCUT2D eigenvalue weighted by Crippen LogP contribution is 2.23. The Morgan fingerprint density at radius 1 is 1.45 bits per heavy atom. The number of nitrogens with two attached hydrogens (primary N) is 1. The molecule has 2 nitrogen and oxygen atoms in total. The van der Waals surface area contributed by atoms with E-state index in [2.05, 4.69) is 15.9 Å². The van der Waals surface area contributed by atoms with Gasteiger partial charge in [-0.15, -0.1) is 17.0 Å². The fraction of sp³-hybridized carbons (Fsp3) is 0.143. The minimum absolute atomic E-state index is 0. The number of rotatable bonds is 1. The zero-order chi connectivity index (χ0) is 7.56. The molecule has 0 spiro atoms. The van der Waals surface area contributed by atoms with E-state index in [0.717, 1.165) is 5.56 Å². The molecule has 4 heteroatoms. The predicted molar refractivity (Wildman–Crippen MR) is 54.0 cm³/mol. The molecule has 0 aliphatic heterocycles. The monoisotopic (exact) mass is 281 g/mol. The number of hydrogen-bond donors (Lipinski definition) is 2. The third kappa shape index (κ3) is 2.81. The molecule has 0 aromatic heterocycles. The van der Waals surface area contributed by atoms with Gasteiger partial charge in [-0.05, 0) is 33.6 Å². The molecule has 0 saturated heterocycles. The highest BCUT2D eigenvalue weighted by molar-refractivity contribution is 9.10. The van der Waals surface area contributed by atoms with E-state index >= 15 is 0 Å². The maximum atomic E-state index is 9.05. The zero-order valence-corrected chi connectivity index (χ0v) is 9.05. The van der Waals surface area contributed by atoms with E-state index < -0.39 is 0 Å². The Balaban J connectivity index is 0.000001000. The molecule has 1 rings (SSSR count). The molecule has 0 amide bonds. The molecule has 1 aromatic rings. The molecule has 11 heavy (non-hydrogen) atoms. The van der Waals surface area contributed by atoms with E-state index in [9.17, 15) is 0 Å². The van der Waals surface area contributed by atoms with Gasteiger partial charge >= 0.3 is 0 Å². The van der Waals surface area contributed by atoms with E-state index in [4.69, 9.17) is 10.8 Å². The first-order chi connectivity index (χ1) is 4.74. The molecule has 0 aliphatic rings. The Hall–Kier alpha value is -0.0600. The number of hydrogen-bond acceptors (Lipinski definition) is 2. The highest BCUT2D eigenvalue weighted by Gasteiger charge is 1.96. The molecule has 0 unspecified atom stereocenters. The zero-order valence-electron chi connectivity index (χ0n) is 5.75. The second-order valence-corrected chi connectivity index (χ2v) is 2.84. The summed E-state index contributed by atoms with van der Waals surface area (Å²) in [5.41, 5.74) is 6.37. The summed E-state index contributed by atoms with van der Waals surface area (Å²) < 4.78 is 0.690. The summed E-state index contributed by atoms with van der Waals surface area (Å²) in [7, 11) is 0. The van der Waals surface area contributed by atoms with Crippen molar-refractivity contribution >= 4 is 32.9 Å². The van der Waals surface area contributed by atoms with Crippen LogP contribution >= 0.6 is 32.9 Å². The molecule has 0 aliphatic carbocycles. The number of benzene rings is 1. The average molecular weight is 283 g/mol. The van der Waals surface area contributed by atoms with Gasteiger partial charge in [-0.1, -0.05) is 6.07 Å². The van der Waals surface area contributed by atoms with Gasteiger partial charge in [-0.25, -0.2) is 0 Å². The lowest BCUT2D eigenvalue weighted by atomic mass is 10.2. The third-order valence-corrected chi connectivity index (χ3v) is 1.88. The van der Waals surface area contributed by atoms with Crippen LogP contribution in [0.4, 0.5) is 0 Å². The first kappa shape index (κ1) is 10.9. The second-order valence-electron chi connectivity index (χ2n) is 1.99. The lowest BCUT2D eigenvalue weighted by molar-refractivity contribution is 0.471. The summed E-state index contributed by atoms with van der Waals surface area (Å²) in [6, 6.07) is 5.21. The number of phenolic OH excluding ortho intramolecular Hbond substituents is 1. The molecule has 62 valence electrons. The summed E-state index contributed by atoms with van der Waals surface area (Å²) in [5, 5.41) is 9.05. The predicted octanol–water partition coefficient (Wildman–Crippen LogP) is 2.19. The molecule has 0 heterocycles. The van der Waals surface area contributed by atoms with Gasteiger partial charge in [0.15, 0.2) is 0 Å². The second kappa shape index (κ2) is 4.74. The van der Waals surface area contributed by atoms with E-state index in [0.29, 0.717) is 11.0 Å². The Morgan fingerprint density at radius 2 is 2.09 bits per heavy atom. The summed E-state index contributed by atoms with van der Waals surface area (Å²) in [6.45, 7) is 0.499. The fourth-order valence-corrected chi connectivity index (χ4v) is 1.10. The molecule has 0 atom stereocenters. The molecule has 1 aromatic carbocycles. The summed E-state index contributed by atoms with van der Waals surface area (Å²) >= 11 is 3.18. The van der Waals surface area contributed by atoms with Gasteiger partial charge in [0.2, 0.25) is 0 Å². The standard InChI is InChI=1S/C7H8BrNO.BrH/c8-6-3-5(4-9)1-2-7(6)10;/h1-3,10H,4,9H2;1H. The Bertz CT molecular complexity index is 240. The maximum Gasteiger partial charge on any atom is 0.129 e. The van der Waals surface area contributed by atoms with Crippen LogP contribution in [0, 0.1) is 0 Å². The van der Waals surface area contributed by atoms with Crippen LogP contribution in [0.15, 0.2) is 22.7 Å². The topological polar surface area (TPSA) is 46.2 Å². The van der Waals surface area contributed by atoms with Crippen molar-refractivity contribution in [3.8, 4) is 5.75 Å². The van der Waals surface area contributed by atoms with Crippen molar-refractivity contribution in [1.82, 2.24) is 0 Å². The average Bonchev–Trinajstić information content (AvgIpc) is 1.95. The quantitative estimate of drug-likeness (QED) is 0.829. The van der Waals surface area contributed by atoms with Crippen molar-refractivity contribution < 1.29 is 5.11 Å². The molecule has 0 saturated carbocycles. The molecule has 3 N–H and O–H groups in total. The SMILES string of the molecule is Br.NCc1ccc(O)c(Br)c1. The van der Waals surface area contributed by atoms with Crippen LogP contribution in [-0.2, 0) is 6.54 Å². The van der Waals surface area contributed by atoms with Crippen molar-refractivity contribution in [3.63, 3.8) is 0 Å². The van der Waals surface area contributed by atoms with E-state index in [1.165, 1.54) is 0 Å². The molecule has 0 fully saturated rings. The largest absolute Gasteiger partial charge is 0.507 e. The molecular weight excluding hydrogens is 274 g/mol. The van der Waals surface area contributed by atoms with Crippen LogP contribution in [0.1, 0.15) is 5.56 Å². The summed E-state index contributed by atoms with van der Waals surface area (Å²) in [5.74, 6) is 0.247. The van der Waals surface area contributed by atoms with E-state index in [-0.39, 0.29) is 22.7 Å². The molecule has 0 bridgehead atoms. The van der Waals surface area contributed by atoms with Gasteiger partial charge in [-0.2, -0.15) is 0 Å². The highest BCUT2D eigenvalue weighted by atomic mass is 79.9. The van der Waals surface area contributed by atoms with Crippen LogP contribution in [-0.4, -0.2) is 5.11 Å². The minimum atomic E-state index is 0. The number of aromatic hydroxyl groups is 1. The maximum absolute atomic E-state index is 9.05. The minimum Gasteiger partial charge on any atom is -0.507 e. The summed E-state index contributed by atoms with van der Waals surface area (Å²) in [4.78, 5) is 0. The van der Waals surface area contributed by atoms with Crippen LogP contribution in [0.3, 0.4) is 0 Å². The van der Waals surface area contributed by atoms with Crippen LogP contribution in [0.2, 0.25) is 0 Å². The normalized spacial score (nSPS) is 8.91. The van der Waals surface area contributed by atoms with Crippen LogP contribution < -0.4 is 5.73 Å². The van der Waals surface area contributed by atoms with Gasteiger partial charge in [0.25, 0.3) is 0 Å². The first-order valence-electron chi connectivity index (χ1n) is 2.91. The van der Waals surface area contributed by atoms with Gasteiger partial charge in [0, 0.05) is 6.54 Å². The van der Waals surface area contributed by atoms with Gasteiger partial charge in [0.05, 0.1) is 4.47 Å². The van der Waals surface area contributed by atoms with Crippen molar-refractivity contribution in [1.29, 1.82) is 0 Å². The Morgan fingerprint density at radius 3 is 2.55 bits per heavy atom. The van der Waals surface area contributed by atoms with Crippen molar-refractivity contribution in [2.75, 3.05) is 0 Å². The van der Waals surface area contributed by atoms with E-state index in [1.807, 2.05) is 0 Å².